The van der Waals surface area contributed by atoms with E-state index in [2.05, 4.69) is 28.1 Å². The molecule has 2 aliphatic heterocycles. The number of fused-ring (bicyclic) bond motifs is 2. The molecule has 1 saturated heterocycles. The molecular weight excluding hydrogens is 318 g/mol. The van der Waals surface area contributed by atoms with Crippen LogP contribution >= 0.6 is 15.9 Å². The van der Waals surface area contributed by atoms with E-state index in [0.717, 1.165) is 55.3 Å². The molecule has 0 aromatic heterocycles. The number of nitrogens with zero attached hydrogens (tertiary/aromatic N) is 1. The van der Waals surface area contributed by atoms with Gasteiger partial charge in [0, 0.05) is 11.1 Å². The first kappa shape index (κ1) is 12.8. The van der Waals surface area contributed by atoms with Gasteiger partial charge in [-0.1, -0.05) is 22.4 Å². The van der Waals surface area contributed by atoms with Gasteiger partial charge in [-0.05, 0) is 55.9 Å². The summed E-state index contributed by atoms with van der Waals surface area (Å²) in [4.78, 5) is 15.0. The molecule has 1 aliphatic carbocycles. The molecule has 1 atom stereocenters. The lowest BCUT2D eigenvalue weighted by Gasteiger charge is -2.38. The van der Waals surface area contributed by atoms with Gasteiger partial charge in [-0.3, -0.25) is 9.69 Å². The Morgan fingerprint density at radius 2 is 2.10 bits per heavy atom. The number of benzene rings is 1. The lowest BCUT2D eigenvalue weighted by Crippen LogP contribution is -2.50. The van der Waals surface area contributed by atoms with Crippen molar-refractivity contribution in [1.82, 2.24) is 0 Å². The van der Waals surface area contributed by atoms with Crippen LogP contribution in [0, 0.1) is 0 Å². The molecule has 1 amide bonds. The van der Waals surface area contributed by atoms with Gasteiger partial charge in [0.25, 0.3) is 0 Å². The molecular formula is C16H18BrNO2. The Kier molecular flexibility index (Phi) is 2.93. The average molecular weight is 336 g/mol. The van der Waals surface area contributed by atoms with E-state index in [1.54, 1.807) is 0 Å². The average Bonchev–Trinajstić information content (AvgIpc) is 2.67. The van der Waals surface area contributed by atoms with Crippen LogP contribution in [0.2, 0.25) is 0 Å². The van der Waals surface area contributed by atoms with Crippen LogP contribution in [-0.4, -0.2) is 18.7 Å². The Hall–Kier alpha value is -0.870. The quantitative estimate of drug-likeness (QED) is 0.782. The van der Waals surface area contributed by atoms with Gasteiger partial charge in [0.1, 0.15) is 6.23 Å². The maximum atomic E-state index is 13.0. The zero-order valence-corrected chi connectivity index (χ0v) is 13.0. The minimum Gasteiger partial charge on any atom is -0.358 e. The van der Waals surface area contributed by atoms with E-state index in [9.17, 15) is 4.79 Å². The predicted octanol–water partition coefficient (Wildman–Crippen LogP) is 3.74. The van der Waals surface area contributed by atoms with E-state index in [0.29, 0.717) is 0 Å². The van der Waals surface area contributed by atoms with Crippen LogP contribution < -0.4 is 4.90 Å². The summed E-state index contributed by atoms with van der Waals surface area (Å²) in [5, 5.41) is 0. The van der Waals surface area contributed by atoms with Crippen LogP contribution in [0.5, 0.6) is 0 Å². The van der Waals surface area contributed by atoms with Gasteiger partial charge < -0.3 is 4.74 Å². The van der Waals surface area contributed by atoms with Gasteiger partial charge in [0.2, 0.25) is 5.91 Å². The van der Waals surface area contributed by atoms with Crippen LogP contribution in [-0.2, 0) is 14.9 Å². The fraction of sp³-hybridized carbons (Fsp3) is 0.562. The molecule has 1 saturated carbocycles. The molecule has 1 unspecified atom stereocenters. The number of ether oxygens (including phenoxy) is 1. The molecule has 4 rings (SSSR count). The molecule has 2 heterocycles. The lowest BCUT2D eigenvalue weighted by atomic mass is 9.65. The standard InChI is InChI=1S/C16H18BrNO2/c17-11-5-6-13-12(10-11)16(7-3-8-16)15(19)18(13)14-4-1-2-9-20-14/h5-6,10,14H,1-4,7-9H2. The second kappa shape index (κ2) is 4.57. The summed E-state index contributed by atoms with van der Waals surface area (Å²) in [6.07, 6.45) is 6.27. The Morgan fingerprint density at radius 1 is 1.25 bits per heavy atom. The summed E-state index contributed by atoms with van der Waals surface area (Å²) in [6.45, 7) is 0.771. The van der Waals surface area contributed by atoms with Crippen molar-refractivity contribution in [1.29, 1.82) is 0 Å². The molecule has 3 aliphatic rings. The molecule has 1 aromatic rings. The Labute approximate surface area is 127 Å². The fourth-order valence-electron chi connectivity index (χ4n) is 3.78. The summed E-state index contributed by atoms with van der Waals surface area (Å²) in [5.41, 5.74) is 2.03. The zero-order valence-electron chi connectivity index (χ0n) is 11.4. The Bertz CT molecular complexity index is 562. The van der Waals surface area contributed by atoms with Crippen LogP contribution in [0.3, 0.4) is 0 Å². The zero-order chi connectivity index (χ0) is 13.7. The smallest absolute Gasteiger partial charge is 0.239 e. The van der Waals surface area contributed by atoms with Gasteiger partial charge in [0.05, 0.1) is 11.1 Å². The van der Waals surface area contributed by atoms with E-state index < -0.39 is 0 Å². The summed E-state index contributed by atoms with van der Waals surface area (Å²) in [5.74, 6) is 0.267. The molecule has 1 spiro atoms. The number of carbonyl (C=O) groups excluding carboxylic acids is 1. The summed E-state index contributed by atoms with van der Waals surface area (Å²) >= 11 is 3.54. The van der Waals surface area contributed by atoms with Crippen molar-refractivity contribution in [2.75, 3.05) is 11.5 Å². The van der Waals surface area contributed by atoms with Crippen LogP contribution in [0.25, 0.3) is 0 Å². The second-order valence-electron chi connectivity index (χ2n) is 6.09. The van der Waals surface area contributed by atoms with E-state index in [1.165, 1.54) is 5.56 Å². The summed E-state index contributed by atoms with van der Waals surface area (Å²) in [6, 6.07) is 6.23. The van der Waals surface area contributed by atoms with Gasteiger partial charge in [0.15, 0.2) is 0 Å². The van der Waals surface area contributed by atoms with Crippen LogP contribution in [0.15, 0.2) is 22.7 Å². The van der Waals surface area contributed by atoms with Crippen molar-refractivity contribution in [3.05, 3.63) is 28.2 Å². The third-order valence-corrected chi connectivity index (χ3v) is 5.51. The van der Waals surface area contributed by atoms with Crippen molar-refractivity contribution in [2.45, 2.75) is 50.2 Å². The first-order chi connectivity index (χ1) is 9.72. The number of amides is 1. The maximum absolute atomic E-state index is 13.0. The number of halogens is 1. The van der Waals surface area contributed by atoms with Crippen molar-refractivity contribution in [3.8, 4) is 0 Å². The molecule has 3 nitrogen and oxygen atoms in total. The Balaban J connectivity index is 1.79. The topological polar surface area (TPSA) is 29.5 Å². The highest BCUT2D eigenvalue weighted by Gasteiger charge is 2.56. The van der Waals surface area contributed by atoms with Crippen molar-refractivity contribution in [3.63, 3.8) is 0 Å². The molecule has 0 bridgehead atoms. The van der Waals surface area contributed by atoms with Crippen molar-refractivity contribution >= 4 is 27.5 Å². The van der Waals surface area contributed by atoms with Crippen molar-refractivity contribution < 1.29 is 9.53 Å². The molecule has 2 fully saturated rings. The monoisotopic (exact) mass is 335 g/mol. The molecule has 4 heteroatoms. The van der Waals surface area contributed by atoms with Gasteiger partial charge >= 0.3 is 0 Å². The van der Waals surface area contributed by atoms with Crippen LogP contribution in [0.4, 0.5) is 5.69 Å². The number of carbonyl (C=O) groups is 1. The first-order valence-electron chi connectivity index (χ1n) is 7.48. The predicted molar refractivity (Wildman–Crippen MR) is 80.7 cm³/mol. The number of hydrogen-bond acceptors (Lipinski definition) is 2. The third-order valence-electron chi connectivity index (χ3n) is 5.01. The molecule has 0 N–H and O–H groups in total. The fourth-order valence-corrected chi connectivity index (χ4v) is 4.14. The largest absolute Gasteiger partial charge is 0.358 e. The third kappa shape index (κ3) is 1.64. The highest BCUT2D eigenvalue weighted by Crippen LogP contribution is 2.54. The second-order valence-corrected chi connectivity index (χ2v) is 7.01. The van der Waals surface area contributed by atoms with E-state index in [-0.39, 0.29) is 17.6 Å². The highest BCUT2D eigenvalue weighted by molar-refractivity contribution is 9.10. The summed E-state index contributed by atoms with van der Waals surface area (Å²) in [7, 11) is 0. The van der Waals surface area contributed by atoms with Crippen molar-refractivity contribution in [2.24, 2.45) is 0 Å². The van der Waals surface area contributed by atoms with Crippen LogP contribution in [0.1, 0.15) is 44.1 Å². The normalized spacial score (nSPS) is 27.6. The highest BCUT2D eigenvalue weighted by atomic mass is 79.9. The number of hydrogen-bond donors (Lipinski definition) is 0. The first-order valence-corrected chi connectivity index (χ1v) is 8.27. The Morgan fingerprint density at radius 3 is 2.75 bits per heavy atom. The molecule has 106 valence electrons. The van der Waals surface area contributed by atoms with E-state index in [1.807, 2.05) is 11.0 Å². The lowest BCUT2D eigenvalue weighted by molar-refractivity contribution is -0.129. The minimum absolute atomic E-state index is 0.0591. The van der Waals surface area contributed by atoms with Gasteiger partial charge in [-0.25, -0.2) is 0 Å². The molecule has 1 aromatic carbocycles. The van der Waals surface area contributed by atoms with E-state index >= 15 is 0 Å². The van der Waals surface area contributed by atoms with E-state index in [4.69, 9.17) is 4.74 Å². The maximum Gasteiger partial charge on any atom is 0.239 e. The van der Waals surface area contributed by atoms with Gasteiger partial charge in [-0.2, -0.15) is 0 Å². The molecule has 0 radical (unpaired) electrons. The SMILES string of the molecule is O=C1N(C2CCCCO2)c2ccc(Br)cc2C12CCC2. The molecule has 20 heavy (non-hydrogen) atoms. The minimum atomic E-state index is -0.250. The number of anilines is 1. The summed E-state index contributed by atoms with van der Waals surface area (Å²) < 4.78 is 6.93. The number of rotatable bonds is 1. The van der Waals surface area contributed by atoms with Gasteiger partial charge in [-0.15, -0.1) is 0 Å².